The first-order valence-electron chi connectivity index (χ1n) is 24.3. The number of piperidine rings is 1. The highest BCUT2D eigenvalue weighted by molar-refractivity contribution is 6.05. The van der Waals surface area contributed by atoms with E-state index in [-0.39, 0.29) is 66.2 Å². The number of ether oxygens (including phenoxy) is 2. The number of urea groups is 1. The van der Waals surface area contributed by atoms with Gasteiger partial charge in [-0.25, -0.2) is 19.6 Å². The third-order valence-corrected chi connectivity index (χ3v) is 13.0. The van der Waals surface area contributed by atoms with Gasteiger partial charge in [0.15, 0.2) is 0 Å². The number of imidazole rings is 2. The molecule has 24 heteroatoms. The topological polar surface area (TPSA) is 298 Å². The van der Waals surface area contributed by atoms with Crippen molar-refractivity contribution in [1.29, 1.82) is 0 Å². The van der Waals surface area contributed by atoms with Crippen molar-refractivity contribution in [3.05, 3.63) is 82.5 Å². The summed E-state index contributed by atoms with van der Waals surface area (Å²) in [5.41, 5.74) is 15.2. The van der Waals surface area contributed by atoms with Crippen LogP contribution in [0.2, 0.25) is 0 Å². The number of amides is 7. The molecule has 0 radical (unpaired) electrons. The predicted octanol–water partition coefficient (Wildman–Crippen LogP) is 4.30. The van der Waals surface area contributed by atoms with Crippen LogP contribution in [-0.4, -0.2) is 147 Å². The van der Waals surface area contributed by atoms with Crippen LogP contribution in [0, 0.1) is 31.6 Å². The smallest absolute Gasteiger partial charge is 0.407 e. The lowest BCUT2D eigenvalue weighted by atomic mass is 9.94. The quantitative estimate of drug-likeness (QED) is 0.0668. The Kier molecular flexibility index (Phi) is 15.5. The summed E-state index contributed by atoms with van der Waals surface area (Å²) < 4.78 is 18.6. The van der Waals surface area contributed by atoms with E-state index in [4.69, 9.17) is 30.9 Å². The molecule has 0 bridgehead atoms. The maximum Gasteiger partial charge on any atom is 0.407 e. The van der Waals surface area contributed by atoms with Gasteiger partial charge in [0, 0.05) is 83.0 Å². The van der Waals surface area contributed by atoms with Gasteiger partial charge in [0.1, 0.15) is 40.5 Å². The van der Waals surface area contributed by atoms with E-state index in [1.165, 1.54) is 36.3 Å². The fraction of sp³-hybridized carbons (Fsp3) is 0.400. The van der Waals surface area contributed by atoms with E-state index in [2.05, 4.69) is 32.7 Å². The number of nitrogens with two attached hydrogens (primary N) is 2. The van der Waals surface area contributed by atoms with E-state index in [1.54, 1.807) is 49.4 Å². The summed E-state index contributed by atoms with van der Waals surface area (Å²) in [4.78, 5) is 91.5. The molecule has 24 nitrogen and oxygen atoms in total. The molecule has 0 spiro atoms. The van der Waals surface area contributed by atoms with Gasteiger partial charge in [0.25, 0.3) is 11.8 Å². The second-order valence-corrected chi connectivity index (χ2v) is 17.9. The number of nitrogens with zero attached hydrogens (tertiary/aromatic N) is 11. The van der Waals surface area contributed by atoms with Crippen molar-refractivity contribution in [3.63, 3.8) is 0 Å². The number of piperazine rings is 1. The molecular formula is C50H59N15O9. The first-order chi connectivity index (χ1) is 35.6. The number of rotatable bonds is 16. The highest BCUT2D eigenvalue weighted by Crippen LogP contribution is 2.33. The molecule has 0 atom stereocenters. The van der Waals surface area contributed by atoms with Gasteiger partial charge in [-0.15, -0.1) is 0 Å². The minimum Gasteiger partial charge on any atom is -0.494 e. The number of fused-ring (bicyclic) bond motifs is 2. The fourth-order valence-electron chi connectivity index (χ4n) is 9.19. The molecule has 388 valence electrons. The number of nitrogens with one attached hydrogen (secondary N) is 2. The van der Waals surface area contributed by atoms with E-state index in [9.17, 15) is 33.9 Å². The lowest BCUT2D eigenvalue weighted by Crippen LogP contribution is -2.54. The lowest BCUT2D eigenvalue weighted by molar-refractivity contribution is 0.0923. The number of hydrogen-bond donors (Lipinski definition) is 5. The summed E-state index contributed by atoms with van der Waals surface area (Å²) in [6.45, 7) is 10.8. The number of carboxylic acid groups (broad SMARTS) is 1. The Balaban J connectivity index is 1.05. The molecule has 7 amide bonds. The first kappa shape index (κ1) is 51.5. The number of aryl methyl sites for hydroxylation is 4. The van der Waals surface area contributed by atoms with Crippen molar-refractivity contribution in [1.82, 2.24) is 53.4 Å². The van der Waals surface area contributed by atoms with Crippen LogP contribution in [0.1, 0.15) is 86.2 Å². The van der Waals surface area contributed by atoms with Gasteiger partial charge in [0.2, 0.25) is 23.7 Å². The average molecular weight is 1010 g/mol. The number of primary amides is 2. The number of benzene rings is 2. The Labute approximate surface area is 425 Å². The molecule has 2 saturated heterocycles. The molecule has 7 N–H and O–H groups in total. The van der Waals surface area contributed by atoms with Gasteiger partial charge in [-0.1, -0.05) is 24.0 Å². The van der Waals surface area contributed by atoms with Crippen molar-refractivity contribution in [2.24, 2.45) is 17.4 Å². The molecule has 0 saturated carbocycles. The Morgan fingerprint density at radius 3 is 1.64 bits per heavy atom. The zero-order valence-electron chi connectivity index (χ0n) is 41.9. The standard InChI is InChI=1S/C50H59N15O9/c1-6-64-37(24-30(3)57-64)45(68)55-47-53-35-26-33(43(51)66)28-39(73-5)41(35)62(47)15-9-10-16-63-42-36(54-48(63)56-46(69)38-25-31(4)58-65(38)7-2)27-34(44(52)67)29-40(42)74-23-11-8-12-32-13-17-59(18-14-32)49(70)60-19-21-61(22-20-60)50(71)72/h9-10,24-29,32H,6-7,12-23H2,1-5H3,(H2,51,66)(H2,52,67)(H,71,72)(H,53,55,68)(H,54,56,69). The molecule has 0 unspecified atom stereocenters. The molecule has 6 aromatic rings. The maximum atomic E-state index is 13.9. The molecule has 0 aliphatic carbocycles. The second kappa shape index (κ2) is 22.3. The Morgan fingerprint density at radius 1 is 0.689 bits per heavy atom. The van der Waals surface area contributed by atoms with Gasteiger partial charge in [-0.05, 0) is 82.9 Å². The molecule has 4 aromatic heterocycles. The normalized spacial score (nSPS) is 14.1. The van der Waals surface area contributed by atoms with Crippen LogP contribution >= 0.6 is 0 Å². The van der Waals surface area contributed by atoms with Crippen LogP contribution in [0.4, 0.5) is 21.5 Å². The van der Waals surface area contributed by atoms with Gasteiger partial charge in [-0.3, -0.25) is 39.2 Å². The molecule has 2 aromatic carbocycles. The summed E-state index contributed by atoms with van der Waals surface area (Å²) in [5, 5.41) is 23.9. The highest BCUT2D eigenvalue weighted by atomic mass is 16.5. The molecular weight excluding hydrogens is 955 g/mol. The number of aromatic nitrogens is 8. The third kappa shape index (κ3) is 11.1. The van der Waals surface area contributed by atoms with Gasteiger partial charge < -0.3 is 49.9 Å². The van der Waals surface area contributed by atoms with Crippen molar-refractivity contribution < 1.29 is 43.3 Å². The fourth-order valence-corrected chi connectivity index (χ4v) is 9.19. The van der Waals surface area contributed by atoms with Crippen molar-refractivity contribution in [3.8, 4) is 23.3 Å². The predicted molar refractivity (Wildman–Crippen MR) is 272 cm³/mol. The van der Waals surface area contributed by atoms with Crippen LogP contribution in [0.5, 0.6) is 11.5 Å². The van der Waals surface area contributed by atoms with E-state index in [1.807, 2.05) is 30.9 Å². The van der Waals surface area contributed by atoms with E-state index >= 15 is 0 Å². The van der Waals surface area contributed by atoms with E-state index in [0.29, 0.717) is 104 Å². The minimum absolute atomic E-state index is 0.0608. The number of allylic oxidation sites excluding steroid dienone is 2. The van der Waals surface area contributed by atoms with Gasteiger partial charge in [0.05, 0.1) is 29.5 Å². The SMILES string of the molecule is CCn1nc(C)cc1C(=O)Nc1nc2cc(C(N)=O)cc(OC)c2n1CC=CCn1c(NC(=O)c2cc(C)nn2CC)nc2cc(C(N)=O)cc(OCC#CCC3CCN(C(=O)N4CCN(C(=O)O)CC4)CC3)c21. The van der Waals surface area contributed by atoms with Crippen LogP contribution in [0.3, 0.4) is 0 Å². The molecule has 2 fully saturated rings. The lowest BCUT2D eigenvalue weighted by Gasteiger charge is -2.38. The second-order valence-electron chi connectivity index (χ2n) is 17.9. The van der Waals surface area contributed by atoms with Gasteiger partial charge in [-0.2, -0.15) is 10.2 Å². The summed E-state index contributed by atoms with van der Waals surface area (Å²) in [6, 6.07) is 9.32. The highest BCUT2D eigenvalue weighted by Gasteiger charge is 2.30. The van der Waals surface area contributed by atoms with Crippen LogP contribution in [-0.2, 0) is 26.2 Å². The van der Waals surface area contributed by atoms with Crippen molar-refractivity contribution >= 4 is 69.7 Å². The number of carbonyl (C=O) groups is 6. The Hall–Kier alpha value is -8.88. The summed E-state index contributed by atoms with van der Waals surface area (Å²) in [7, 11) is 1.45. The zero-order valence-corrected chi connectivity index (χ0v) is 41.9. The van der Waals surface area contributed by atoms with Crippen molar-refractivity contribution in [2.45, 2.75) is 73.1 Å². The molecule has 74 heavy (non-hydrogen) atoms. The molecule has 8 rings (SSSR count). The summed E-state index contributed by atoms with van der Waals surface area (Å²) in [5.74, 6) is 5.03. The van der Waals surface area contributed by atoms with Gasteiger partial charge >= 0.3 is 12.1 Å². The maximum absolute atomic E-state index is 13.9. The largest absolute Gasteiger partial charge is 0.494 e. The number of likely N-dealkylation sites (tertiary alicyclic amines) is 1. The average Bonchev–Trinajstić information content (AvgIpc) is 4.17. The molecule has 2 aliphatic rings. The Morgan fingerprint density at radius 2 is 1.16 bits per heavy atom. The first-order valence-corrected chi connectivity index (χ1v) is 24.3. The third-order valence-electron chi connectivity index (χ3n) is 13.0. The number of methoxy groups -OCH3 is 1. The van der Waals surface area contributed by atoms with Crippen LogP contribution in [0.15, 0.2) is 48.6 Å². The number of hydrogen-bond acceptors (Lipinski definition) is 12. The van der Waals surface area contributed by atoms with Crippen molar-refractivity contribution in [2.75, 3.05) is 63.6 Å². The molecule has 6 heterocycles. The Bertz CT molecular complexity index is 3250. The van der Waals surface area contributed by atoms with E-state index in [0.717, 1.165) is 12.8 Å². The van der Waals surface area contributed by atoms with Crippen LogP contribution < -0.4 is 31.6 Å². The zero-order chi connectivity index (χ0) is 52.8. The summed E-state index contributed by atoms with van der Waals surface area (Å²) >= 11 is 0. The number of anilines is 2. The minimum atomic E-state index is -0.980. The summed E-state index contributed by atoms with van der Waals surface area (Å²) in [6.07, 6.45) is 4.76. The van der Waals surface area contributed by atoms with E-state index < -0.39 is 29.7 Å². The van der Waals surface area contributed by atoms with Crippen LogP contribution in [0.25, 0.3) is 22.1 Å². The monoisotopic (exact) mass is 1010 g/mol. The number of carbonyl (C=O) groups excluding carboxylic acids is 5. The molecule has 2 aliphatic heterocycles.